The highest BCUT2D eigenvalue weighted by atomic mass is 16.7. The molecule has 1 aromatic heterocycles. The highest BCUT2D eigenvalue weighted by Crippen LogP contribution is 2.37. The molecule has 1 aliphatic heterocycles. The van der Waals surface area contributed by atoms with Crippen molar-refractivity contribution in [1.82, 2.24) is 15.3 Å². The standard InChI is InChI=1S/C14H19N3O3/c18-13(12-9-15-6-7-16-12)17-8-11-10-19-14(20-11)4-2-1-3-5-14/h6-7,9,11H,1-5,8,10H2,(H,17,18). The maximum absolute atomic E-state index is 11.9. The molecule has 2 fully saturated rings. The van der Waals surface area contributed by atoms with Crippen LogP contribution in [0.3, 0.4) is 0 Å². The summed E-state index contributed by atoms with van der Waals surface area (Å²) in [7, 11) is 0. The molecule has 1 aliphatic carbocycles. The lowest BCUT2D eigenvalue weighted by molar-refractivity contribution is -0.186. The van der Waals surface area contributed by atoms with Gasteiger partial charge in [0.05, 0.1) is 12.8 Å². The monoisotopic (exact) mass is 277 g/mol. The Balaban J connectivity index is 1.49. The highest BCUT2D eigenvalue weighted by molar-refractivity contribution is 5.91. The Bertz CT molecular complexity index is 460. The van der Waals surface area contributed by atoms with Crippen LogP contribution in [0.15, 0.2) is 18.6 Å². The minimum atomic E-state index is -0.389. The zero-order chi connectivity index (χ0) is 13.8. The molecule has 0 aromatic carbocycles. The number of nitrogens with one attached hydrogen (secondary N) is 1. The molecule has 3 rings (SSSR count). The number of aromatic nitrogens is 2. The van der Waals surface area contributed by atoms with Gasteiger partial charge in [0.25, 0.3) is 5.91 Å². The normalized spacial score (nSPS) is 24.7. The number of nitrogens with zero attached hydrogens (tertiary/aromatic N) is 2. The minimum absolute atomic E-state index is 0.0753. The Morgan fingerprint density at radius 2 is 2.20 bits per heavy atom. The summed E-state index contributed by atoms with van der Waals surface area (Å²) in [5.41, 5.74) is 0.318. The van der Waals surface area contributed by atoms with E-state index < -0.39 is 0 Å². The summed E-state index contributed by atoms with van der Waals surface area (Å²) < 4.78 is 11.8. The number of amides is 1. The summed E-state index contributed by atoms with van der Waals surface area (Å²) in [6.07, 6.45) is 9.89. The van der Waals surface area contributed by atoms with Gasteiger partial charge in [0.1, 0.15) is 11.8 Å². The first-order valence-corrected chi connectivity index (χ1v) is 7.13. The Morgan fingerprint density at radius 3 is 2.95 bits per heavy atom. The van der Waals surface area contributed by atoms with Crippen LogP contribution in [0.2, 0.25) is 0 Å². The molecule has 0 radical (unpaired) electrons. The number of hydrogen-bond acceptors (Lipinski definition) is 5. The number of hydrogen-bond donors (Lipinski definition) is 1. The van der Waals surface area contributed by atoms with E-state index in [0.29, 0.717) is 18.8 Å². The largest absolute Gasteiger partial charge is 0.348 e. The van der Waals surface area contributed by atoms with E-state index in [0.717, 1.165) is 25.7 Å². The van der Waals surface area contributed by atoms with Gasteiger partial charge in [0.15, 0.2) is 5.79 Å². The minimum Gasteiger partial charge on any atom is -0.348 e. The molecule has 1 aromatic rings. The molecule has 1 spiro atoms. The van der Waals surface area contributed by atoms with Crippen LogP contribution in [0.4, 0.5) is 0 Å². The maximum Gasteiger partial charge on any atom is 0.271 e. The molecule has 2 heterocycles. The lowest BCUT2D eigenvalue weighted by Gasteiger charge is -2.31. The Labute approximate surface area is 117 Å². The van der Waals surface area contributed by atoms with Crippen molar-refractivity contribution in [2.45, 2.75) is 44.0 Å². The van der Waals surface area contributed by atoms with Crippen LogP contribution in [-0.2, 0) is 9.47 Å². The lowest BCUT2D eigenvalue weighted by atomic mass is 9.94. The number of rotatable bonds is 3. The average molecular weight is 277 g/mol. The van der Waals surface area contributed by atoms with E-state index in [-0.39, 0.29) is 17.8 Å². The van der Waals surface area contributed by atoms with E-state index in [4.69, 9.17) is 9.47 Å². The average Bonchev–Trinajstić information content (AvgIpc) is 2.89. The van der Waals surface area contributed by atoms with Crippen molar-refractivity contribution < 1.29 is 14.3 Å². The van der Waals surface area contributed by atoms with Crippen LogP contribution in [0.25, 0.3) is 0 Å². The first-order chi connectivity index (χ1) is 9.77. The predicted octanol–water partition coefficient (Wildman–Crippen LogP) is 1.28. The topological polar surface area (TPSA) is 73.3 Å². The molecule has 1 saturated carbocycles. The lowest BCUT2D eigenvalue weighted by Crippen LogP contribution is -2.37. The zero-order valence-corrected chi connectivity index (χ0v) is 11.4. The first kappa shape index (κ1) is 13.5. The molecule has 1 unspecified atom stereocenters. The highest BCUT2D eigenvalue weighted by Gasteiger charge is 2.42. The van der Waals surface area contributed by atoms with Gasteiger partial charge < -0.3 is 14.8 Å². The van der Waals surface area contributed by atoms with E-state index in [1.54, 1.807) is 0 Å². The fourth-order valence-electron chi connectivity index (χ4n) is 2.78. The maximum atomic E-state index is 11.9. The Hall–Kier alpha value is -1.53. The van der Waals surface area contributed by atoms with E-state index >= 15 is 0 Å². The molecule has 6 nitrogen and oxygen atoms in total. The summed E-state index contributed by atoms with van der Waals surface area (Å²) >= 11 is 0. The molecule has 108 valence electrons. The number of ether oxygens (including phenoxy) is 2. The fraction of sp³-hybridized carbons (Fsp3) is 0.643. The predicted molar refractivity (Wildman–Crippen MR) is 71.0 cm³/mol. The Kier molecular flexibility index (Phi) is 3.93. The van der Waals surface area contributed by atoms with Gasteiger partial charge in [-0.2, -0.15) is 0 Å². The van der Waals surface area contributed by atoms with Gasteiger partial charge in [-0.3, -0.25) is 9.78 Å². The van der Waals surface area contributed by atoms with Crippen LogP contribution < -0.4 is 5.32 Å². The van der Waals surface area contributed by atoms with Crippen molar-refractivity contribution in [3.8, 4) is 0 Å². The van der Waals surface area contributed by atoms with E-state index in [9.17, 15) is 4.79 Å². The van der Waals surface area contributed by atoms with Crippen molar-refractivity contribution in [2.75, 3.05) is 13.2 Å². The van der Waals surface area contributed by atoms with Gasteiger partial charge in [-0.25, -0.2) is 4.98 Å². The summed E-state index contributed by atoms with van der Waals surface area (Å²) in [5.74, 6) is -0.619. The van der Waals surface area contributed by atoms with Gasteiger partial charge in [0.2, 0.25) is 0 Å². The third kappa shape index (κ3) is 2.96. The third-order valence-corrected chi connectivity index (χ3v) is 3.82. The quantitative estimate of drug-likeness (QED) is 0.901. The van der Waals surface area contributed by atoms with Gasteiger partial charge in [-0.1, -0.05) is 6.42 Å². The van der Waals surface area contributed by atoms with Crippen LogP contribution in [0.5, 0.6) is 0 Å². The molecule has 1 amide bonds. The number of carbonyl (C=O) groups is 1. The summed E-state index contributed by atoms with van der Waals surface area (Å²) in [6.45, 7) is 0.984. The van der Waals surface area contributed by atoms with Crippen molar-refractivity contribution in [3.63, 3.8) is 0 Å². The van der Waals surface area contributed by atoms with E-state index in [1.165, 1.54) is 25.0 Å². The van der Waals surface area contributed by atoms with Gasteiger partial charge >= 0.3 is 0 Å². The second kappa shape index (κ2) is 5.85. The Morgan fingerprint density at radius 1 is 1.35 bits per heavy atom. The van der Waals surface area contributed by atoms with Gasteiger partial charge in [-0.15, -0.1) is 0 Å². The summed E-state index contributed by atoms with van der Waals surface area (Å²) in [6, 6.07) is 0. The molecule has 1 saturated heterocycles. The molecule has 1 atom stereocenters. The molecule has 0 bridgehead atoms. The van der Waals surface area contributed by atoms with Crippen molar-refractivity contribution in [3.05, 3.63) is 24.3 Å². The fourth-order valence-corrected chi connectivity index (χ4v) is 2.78. The van der Waals surface area contributed by atoms with Crippen LogP contribution in [0.1, 0.15) is 42.6 Å². The van der Waals surface area contributed by atoms with E-state index in [1.807, 2.05) is 0 Å². The van der Waals surface area contributed by atoms with Crippen molar-refractivity contribution >= 4 is 5.91 Å². The van der Waals surface area contributed by atoms with Gasteiger partial charge in [0, 0.05) is 31.8 Å². The molecule has 2 aliphatic rings. The third-order valence-electron chi connectivity index (χ3n) is 3.82. The first-order valence-electron chi connectivity index (χ1n) is 7.13. The van der Waals surface area contributed by atoms with Gasteiger partial charge in [-0.05, 0) is 12.8 Å². The second-order valence-corrected chi connectivity index (χ2v) is 5.32. The van der Waals surface area contributed by atoms with Crippen molar-refractivity contribution in [2.24, 2.45) is 0 Å². The molecule has 6 heteroatoms. The molecular formula is C14H19N3O3. The molecular weight excluding hydrogens is 258 g/mol. The van der Waals surface area contributed by atoms with Crippen molar-refractivity contribution in [1.29, 1.82) is 0 Å². The summed E-state index contributed by atoms with van der Waals surface area (Å²) in [4.78, 5) is 19.7. The summed E-state index contributed by atoms with van der Waals surface area (Å²) in [5, 5.41) is 2.82. The van der Waals surface area contributed by atoms with Crippen LogP contribution in [-0.4, -0.2) is 40.9 Å². The van der Waals surface area contributed by atoms with E-state index in [2.05, 4.69) is 15.3 Å². The zero-order valence-electron chi connectivity index (χ0n) is 11.4. The second-order valence-electron chi connectivity index (χ2n) is 5.32. The number of carbonyl (C=O) groups excluding carboxylic acids is 1. The van der Waals surface area contributed by atoms with Crippen LogP contribution in [0, 0.1) is 0 Å². The smallest absolute Gasteiger partial charge is 0.271 e. The SMILES string of the molecule is O=C(NCC1COC2(CCCCC2)O1)c1cnccn1. The molecule has 20 heavy (non-hydrogen) atoms. The molecule has 1 N–H and O–H groups in total. The van der Waals surface area contributed by atoms with Crippen LogP contribution >= 0.6 is 0 Å².